The molecule has 112 valence electrons. The van der Waals surface area contributed by atoms with Gasteiger partial charge in [0.1, 0.15) is 11.4 Å². The van der Waals surface area contributed by atoms with E-state index in [2.05, 4.69) is 10.3 Å². The lowest BCUT2D eigenvalue weighted by Crippen LogP contribution is -2.13. The van der Waals surface area contributed by atoms with E-state index in [1.807, 2.05) is 52.0 Å². The summed E-state index contributed by atoms with van der Waals surface area (Å²) in [5.74, 6) is 0.597. The Morgan fingerprint density at radius 2 is 1.77 bits per heavy atom. The zero-order valence-electron chi connectivity index (χ0n) is 13.2. The quantitative estimate of drug-likeness (QED) is 0.766. The van der Waals surface area contributed by atoms with Crippen molar-refractivity contribution in [3.8, 4) is 0 Å². The van der Waals surface area contributed by atoms with Crippen LogP contribution in [0.25, 0.3) is 11.0 Å². The first-order valence-corrected chi connectivity index (χ1v) is 7.21. The Kier molecular flexibility index (Phi) is 3.45. The Morgan fingerprint density at radius 3 is 2.45 bits per heavy atom. The number of aromatic nitrogens is 1. The minimum atomic E-state index is -0.273. The third-order valence-corrected chi connectivity index (χ3v) is 3.82. The van der Waals surface area contributed by atoms with E-state index in [4.69, 9.17) is 4.42 Å². The molecule has 0 radical (unpaired) electrons. The standard InChI is InChI=1S/C18H18N2O2/c1-10-8-9-11(2)16-15(10)13(4)17(22-16)18(21)20-14-7-5-6-12(3)19-14/h5-9H,1-4H3,(H,19,20,21). The number of anilines is 1. The zero-order valence-corrected chi connectivity index (χ0v) is 13.2. The Bertz CT molecular complexity index is 878. The molecule has 0 saturated heterocycles. The van der Waals surface area contributed by atoms with Crippen molar-refractivity contribution in [3.05, 3.63) is 58.5 Å². The van der Waals surface area contributed by atoms with Crippen molar-refractivity contribution in [2.75, 3.05) is 5.32 Å². The number of benzene rings is 1. The summed E-state index contributed by atoms with van der Waals surface area (Å²) in [5, 5.41) is 3.81. The third kappa shape index (κ3) is 2.37. The SMILES string of the molecule is Cc1cccc(NC(=O)c2oc3c(C)ccc(C)c3c2C)n1. The number of hydrogen-bond acceptors (Lipinski definition) is 3. The fourth-order valence-corrected chi connectivity index (χ4v) is 2.68. The normalized spacial score (nSPS) is 10.9. The fraction of sp³-hybridized carbons (Fsp3) is 0.222. The molecule has 1 aromatic carbocycles. The molecule has 2 heterocycles. The van der Waals surface area contributed by atoms with Gasteiger partial charge in [0.25, 0.3) is 5.91 Å². The molecule has 1 amide bonds. The lowest BCUT2D eigenvalue weighted by Gasteiger charge is -2.03. The highest BCUT2D eigenvalue weighted by atomic mass is 16.3. The van der Waals surface area contributed by atoms with E-state index in [0.717, 1.165) is 33.4 Å². The van der Waals surface area contributed by atoms with Gasteiger partial charge in [-0.3, -0.25) is 4.79 Å². The zero-order chi connectivity index (χ0) is 15.9. The molecule has 0 atom stereocenters. The van der Waals surface area contributed by atoms with Crippen LogP contribution in [-0.4, -0.2) is 10.9 Å². The van der Waals surface area contributed by atoms with Crippen molar-refractivity contribution < 1.29 is 9.21 Å². The van der Waals surface area contributed by atoms with E-state index in [9.17, 15) is 4.79 Å². The molecular weight excluding hydrogens is 276 g/mol. The van der Waals surface area contributed by atoms with Gasteiger partial charge in [0.15, 0.2) is 5.76 Å². The fourth-order valence-electron chi connectivity index (χ4n) is 2.68. The summed E-state index contributed by atoms with van der Waals surface area (Å²) in [5.41, 5.74) is 4.62. The Balaban J connectivity index is 2.03. The molecule has 0 aliphatic carbocycles. The van der Waals surface area contributed by atoms with Crippen LogP contribution < -0.4 is 5.32 Å². The molecule has 0 saturated carbocycles. The van der Waals surface area contributed by atoms with Crippen LogP contribution in [0.3, 0.4) is 0 Å². The first-order valence-electron chi connectivity index (χ1n) is 7.21. The van der Waals surface area contributed by atoms with Crippen LogP contribution in [-0.2, 0) is 0 Å². The largest absolute Gasteiger partial charge is 0.450 e. The van der Waals surface area contributed by atoms with Crippen molar-refractivity contribution in [3.63, 3.8) is 0 Å². The first-order chi connectivity index (χ1) is 10.5. The Labute approximate surface area is 129 Å². The van der Waals surface area contributed by atoms with E-state index < -0.39 is 0 Å². The average Bonchev–Trinajstić information content (AvgIpc) is 2.82. The predicted molar refractivity (Wildman–Crippen MR) is 87.4 cm³/mol. The molecule has 0 bridgehead atoms. The Morgan fingerprint density at radius 1 is 1.05 bits per heavy atom. The number of furan rings is 1. The highest BCUT2D eigenvalue weighted by Gasteiger charge is 2.20. The monoisotopic (exact) mass is 294 g/mol. The smallest absolute Gasteiger partial charge is 0.292 e. The number of carbonyl (C=O) groups is 1. The van der Waals surface area contributed by atoms with Gasteiger partial charge in [0, 0.05) is 16.6 Å². The molecule has 3 rings (SSSR count). The number of aryl methyl sites for hydroxylation is 4. The number of nitrogens with one attached hydrogen (secondary N) is 1. The van der Waals surface area contributed by atoms with E-state index in [1.165, 1.54) is 0 Å². The summed E-state index contributed by atoms with van der Waals surface area (Å²) in [6, 6.07) is 9.56. The van der Waals surface area contributed by atoms with Gasteiger partial charge in [-0.15, -0.1) is 0 Å². The summed E-state index contributed by atoms with van der Waals surface area (Å²) in [6.45, 7) is 7.80. The summed E-state index contributed by atoms with van der Waals surface area (Å²) in [6.07, 6.45) is 0. The van der Waals surface area contributed by atoms with Gasteiger partial charge in [0.05, 0.1) is 0 Å². The molecule has 2 aromatic heterocycles. The molecule has 4 heteroatoms. The van der Waals surface area contributed by atoms with E-state index in [-0.39, 0.29) is 5.91 Å². The summed E-state index contributed by atoms with van der Waals surface area (Å²) in [7, 11) is 0. The minimum absolute atomic E-state index is 0.273. The van der Waals surface area contributed by atoms with Crippen molar-refractivity contribution in [1.82, 2.24) is 4.98 Å². The van der Waals surface area contributed by atoms with Crippen LogP contribution in [0.2, 0.25) is 0 Å². The van der Waals surface area contributed by atoms with Gasteiger partial charge in [-0.2, -0.15) is 0 Å². The van der Waals surface area contributed by atoms with Crippen molar-refractivity contribution in [1.29, 1.82) is 0 Å². The summed E-state index contributed by atoms with van der Waals surface area (Å²) < 4.78 is 5.83. The molecule has 0 unspecified atom stereocenters. The van der Waals surface area contributed by atoms with E-state index in [0.29, 0.717) is 11.6 Å². The number of carbonyl (C=O) groups excluding carboxylic acids is 1. The lowest BCUT2D eigenvalue weighted by atomic mass is 10.0. The highest BCUT2D eigenvalue weighted by Crippen LogP contribution is 2.30. The maximum absolute atomic E-state index is 12.5. The second-order valence-electron chi connectivity index (χ2n) is 5.58. The van der Waals surface area contributed by atoms with Gasteiger partial charge < -0.3 is 9.73 Å². The van der Waals surface area contributed by atoms with Gasteiger partial charge in [-0.05, 0) is 51.0 Å². The predicted octanol–water partition coefficient (Wildman–Crippen LogP) is 4.31. The topological polar surface area (TPSA) is 55.1 Å². The molecule has 4 nitrogen and oxygen atoms in total. The van der Waals surface area contributed by atoms with Gasteiger partial charge in [-0.25, -0.2) is 4.98 Å². The Hall–Kier alpha value is -2.62. The van der Waals surface area contributed by atoms with E-state index >= 15 is 0 Å². The van der Waals surface area contributed by atoms with Gasteiger partial charge >= 0.3 is 0 Å². The molecule has 0 aliphatic heterocycles. The highest BCUT2D eigenvalue weighted by molar-refractivity contribution is 6.06. The second-order valence-corrected chi connectivity index (χ2v) is 5.58. The van der Waals surface area contributed by atoms with Crippen LogP contribution in [0.5, 0.6) is 0 Å². The van der Waals surface area contributed by atoms with Gasteiger partial charge in [0.2, 0.25) is 0 Å². The molecule has 1 N–H and O–H groups in total. The first kappa shape index (κ1) is 14.3. The molecule has 0 aliphatic rings. The molecule has 3 aromatic rings. The summed E-state index contributed by atoms with van der Waals surface area (Å²) >= 11 is 0. The molecule has 0 fully saturated rings. The molecule has 22 heavy (non-hydrogen) atoms. The second kappa shape index (κ2) is 5.30. The number of fused-ring (bicyclic) bond motifs is 1. The number of rotatable bonds is 2. The van der Waals surface area contributed by atoms with Crippen molar-refractivity contribution in [2.45, 2.75) is 27.7 Å². The van der Waals surface area contributed by atoms with Crippen molar-refractivity contribution in [2.24, 2.45) is 0 Å². The molecular formula is C18H18N2O2. The average molecular weight is 294 g/mol. The maximum Gasteiger partial charge on any atom is 0.292 e. The number of pyridine rings is 1. The number of hydrogen-bond donors (Lipinski definition) is 1. The van der Waals surface area contributed by atoms with E-state index in [1.54, 1.807) is 6.07 Å². The summed E-state index contributed by atoms with van der Waals surface area (Å²) in [4.78, 5) is 16.8. The number of amides is 1. The maximum atomic E-state index is 12.5. The van der Waals surface area contributed by atoms with Crippen LogP contribution in [0.4, 0.5) is 5.82 Å². The van der Waals surface area contributed by atoms with Crippen molar-refractivity contribution >= 4 is 22.7 Å². The molecule has 0 spiro atoms. The third-order valence-electron chi connectivity index (χ3n) is 3.82. The lowest BCUT2D eigenvalue weighted by molar-refractivity contribution is 0.0997. The van der Waals surface area contributed by atoms with Crippen LogP contribution in [0, 0.1) is 27.7 Å². The van der Waals surface area contributed by atoms with Crippen LogP contribution in [0.15, 0.2) is 34.7 Å². The number of nitrogens with zero attached hydrogens (tertiary/aromatic N) is 1. The van der Waals surface area contributed by atoms with Crippen LogP contribution >= 0.6 is 0 Å². The van der Waals surface area contributed by atoms with Gasteiger partial charge in [-0.1, -0.05) is 18.2 Å². The minimum Gasteiger partial charge on any atom is -0.450 e. The van der Waals surface area contributed by atoms with Crippen LogP contribution in [0.1, 0.15) is 32.9 Å².